The summed E-state index contributed by atoms with van der Waals surface area (Å²) in [6.45, 7) is 3.43. The standard InChI is InChI=1S/C18H18ClNO3S/c1-10-6-7-13(19)9-14(10)20-17(21)11(2)23-18(22)16-8-12-4-3-5-15(12)24-16/h6-9,11H,3-5H2,1-2H3,(H,20,21)/t11-/m0/s1. The van der Waals surface area contributed by atoms with Crippen LogP contribution in [0.25, 0.3) is 0 Å². The Morgan fingerprint density at radius 1 is 1.29 bits per heavy atom. The van der Waals surface area contributed by atoms with E-state index in [1.807, 2.05) is 19.1 Å². The van der Waals surface area contributed by atoms with E-state index in [0.29, 0.717) is 15.6 Å². The summed E-state index contributed by atoms with van der Waals surface area (Å²) in [7, 11) is 0. The van der Waals surface area contributed by atoms with Crippen LogP contribution in [-0.2, 0) is 22.4 Å². The normalized spacial score (nSPS) is 14.1. The lowest BCUT2D eigenvalue weighted by Crippen LogP contribution is -2.30. The monoisotopic (exact) mass is 363 g/mol. The summed E-state index contributed by atoms with van der Waals surface area (Å²) in [5.74, 6) is -0.822. The molecule has 0 radical (unpaired) electrons. The zero-order valence-electron chi connectivity index (χ0n) is 13.5. The molecule has 1 heterocycles. The lowest BCUT2D eigenvalue weighted by atomic mass is 10.2. The topological polar surface area (TPSA) is 55.4 Å². The fraction of sp³-hybridized carbons (Fsp3) is 0.333. The first-order valence-corrected chi connectivity index (χ1v) is 9.03. The predicted molar refractivity (Wildman–Crippen MR) is 96.0 cm³/mol. The van der Waals surface area contributed by atoms with Crippen LogP contribution in [-0.4, -0.2) is 18.0 Å². The SMILES string of the molecule is Cc1ccc(Cl)cc1NC(=O)[C@H](C)OC(=O)c1cc2c(s1)CCC2. The minimum absolute atomic E-state index is 0.377. The largest absolute Gasteiger partial charge is 0.448 e. The summed E-state index contributed by atoms with van der Waals surface area (Å²) in [6, 6.07) is 7.14. The third kappa shape index (κ3) is 3.62. The Bertz CT molecular complexity index is 778. The summed E-state index contributed by atoms with van der Waals surface area (Å²) in [6.07, 6.45) is 2.31. The van der Waals surface area contributed by atoms with Gasteiger partial charge in [0.05, 0.1) is 0 Å². The highest BCUT2D eigenvalue weighted by Gasteiger charge is 2.23. The Morgan fingerprint density at radius 2 is 2.08 bits per heavy atom. The van der Waals surface area contributed by atoms with Crippen molar-refractivity contribution < 1.29 is 14.3 Å². The van der Waals surface area contributed by atoms with Gasteiger partial charge in [-0.3, -0.25) is 4.79 Å². The molecule has 0 fully saturated rings. The maximum atomic E-state index is 12.3. The molecule has 1 aromatic carbocycles. The van der Waals surface area contributed by atoms with Crippen LogP contribution in [0.2, 0.25) is 5.02 Å². The Labute approximate surface area is 149 Å². The number of hydrogen-bond acceptors (Lipinski definition) is 4. The summed E-state index contributed by atoms with van der Waals surface area (Å²) >= 11 is 7.41. The van der Waals surface area contributed by atoms with E-state index in [-0.39, 0.29) is 5.91 Å². The number of benzene rings is 1. The Kier molecular flexibility index (Phi) is 4.92. The summed E-state index contributed by atoms with van der Waals surface area (Å²) in [5, 5.41) is 3.29. The van der Waals surface area contributed by atoms with Gasteiger partial charge < -0.3 is 10.1 Å². The van der Waals surface area contributed by atoms with Crippen molar-refractivity contribution in [2.24, 2.45) is 0 Å². The van der Waals surface area contributed by atoms with E-state index < -0.39 is 12.1 Å². The van der Waals surface area contributed by atoms with E-state index in [1.54, 1.807) is 19.1 Å². The summed E-state index contributed by atoms with van der Waals surface area (Å²) in [4.78, 5) is 26.3. The van der Waals surface area contributed by atoms with Crippen molar-refractivity contribution in [3.8, 4) is 0 Å². The van der Waals surface area contributed by atoms with E-state index in [2.05, 4.69) is 5.32 Å². The van der Waals surface area contributed by atoms with E-state index >= 15 is 0 Å². The molecule has 0 saturated heterocycles. The first-order chi connectivity index (χ1) is 11.4. The first kappa shape index (κ1) is 17.0. The molecule has 0 aliphatic heterocycles. The van der Waals surface area contributed by atoms with Gasteiger partial charge in [0.15, 0.2) is 6.10 Å². The van der Waals surface area contributed by atoms with E-state index in [1.165, 1.54) is 21.8 Å². The number of ether oxygens (including phenoxy) is 1. The van der Waals surface area contributed by atoms with E-state index in [4.69, 9.17) is 16.3 Å². The molecule has 1 aromatic heterocycles. The smallest absolute Gasteiger partial charge is 0.349 e. The minimum atomic E-state index is -0.882. The van der Waals surface area contributed by atoms with Crippen molar-refractivity contribution in [1.82, 2.24) is 0 Å². The summed E-state index contributed by atoms with van der Waals surface area (Å²) < 4.78 is 5.30. The van der Waals surface area contributed by atoms with Gasteiger partial charge in [-0.1, -0.05) is 17.7 Å². The number of aryl methyl sites for hydroxylation is 3. The molecule has 24 heavy (non-hydrogen) atoms. The Balaban J connectivity index is 1.63. The third-order valence-corrected chi connectivity index (χ3v) is 5.51. The maximum Gasteiger partial charge on any atom is 0.349 e. The predicted octanol–water partition coefficient (Wildman–Crippen LogP) is 4.38. The van der Waals surface area contributed by atoms with Crippen molar-refractivity contribution in [1.29, 1.82) is 0 Å². The molecule has 0 saturated carbocycles. The first-order valence-electron chi connectivity index (χ1n) is 7.83. The highest BCUT2D eigenvalue weighted by atomic mass is 35.5. The van der Waals surface area contributed by atoms with Crippen LogP contribution in [0, 0.1) is 6.92 Å². The fourth-order valence-corrected chi connectivity index (χ4v) is 3.97. The van der Waals surface area contributed by atoms with Crippen molar-refractivity contribution in [2.45, 2.75) is 39.2 Å². The molecule has 1 atom stereocenters. The molecular weight excluding hydrogens is 346 g/mol. The van der Waals surface area contributed by atoms with E-state index in [9.17, 15) is 9.59 Å². The second-order valence-electron chi connectivity index (χ2n) is 5.91. The molecule has 0 bridgehead atoms. The lowest BCUT2D eigenvalue weighted by molar-refractivity contribution is -0.123. The molecule has 126 valence electrons. The Morgan fingerprint density at radius 3 is 2.83 bits per heavy atom. The van der Waals surface area contributed by atoms with Gasteiger partial charge in [-0.2, -0.15) is 0 Å². The highest BCUT2D eigenvalue weighted by Crippen LogP contribution is 2.31. The number of carbonyl (C=O) groups is 2. The average Bonchev–Trinajstić information content (AvgIpc) is 3.12. The number of fused-ring (bicyclic) bond motifs is 1. The highest BCUT2D eigenvalue weighted by molar-refractivity contribution is 7.14. The molecule has 1 N–H and O–H groups in total. The minimum Gasteiger partial charge on any atom is -0.448 e. The quantitative estimate of drug-likeness (QED) is 0.820. The number of hydrogen-bond donors (Lipinski definition) is 1. The van der Waals surface area contributed by atoms with Gasteiger partial charge in [0.1, 0.15) is 4.88 Å². The third-order valence-electron chi connectivity index (χ3n) is 4.06. The fourth-order valence-electron chi connectivity index (χ4n) is 2.67. The maximum absolute atomic E-state index is 12.3. The molecule has 4 nitrogen and oxygen atoms in total. The van der Waals surface area contributed by atoms with Gasteiger partial charge in [0, 0.05) is 15.6 Å². The number of halogens is 1. The number of carbonyl (C=O) groups excluding carboxylic acids is 2. The molecule has 3 rings (SSSR count). The zero-order chi connectivity index (χ0) is 17.3. The van der Waals surface area contributed by atoms with Crippen LogP contribution in [0.5, 0.6) is 0 Å². The van der Waals surface area contributed by atoms with Crippen LogP contribution < -0.4 is 5.32 Å². The molecule has 1 aliphatic rings. The lowest BCUT2D eigenvalue weighted by Gasteiger charge is -2.14. The van der Waals surface area contributed by atoms with Crippen LogP contribution in [0.4, 0.5) is 5.69 Å². The average molecular weight is 364 g/mol. The molecular formula is C18H18ClNO3S. The van der Waals surface area contributed by atoms with Gasteiger partial charge in [0.25, 0.3) is 5.91 Å². The number of rotatable bonds is 4. The molecule has 0 spiro atoms. The van der Waals surface area contributed by atoms with Crippen molar-refractivity contribution in [2.75, 3.05) is 5.32 Å². The van der Waals surface area contributed by atoms with Crippen molar-refractivity contribution in [3.63, 3.8) is 0 Å². The van der Waals surface area contributed by atoms with Gasteiger partial charge in [-0.15, -0.1) is 11.3 Å². The van der Waals surface area contributed by atoms with Gasteiger partial charge in [0.2, 0.25) is 0 Å². The van der Waals surface area contributed by atoms with Gasteiger partial charge in [-0.05, 0) is 62.4 Å². The molecule has 1 aliphatic carbocycles. The van der Waals surface area contributed by atoms with Gasteiger partial charge in [-0.25, -0.2) is 4.79 Å². The number of anilines is 1. The van der Waals surface area contributed by atoms with E-state index in [0.717, 1.165) is 24.8 Å². The van der Waals surface area contributed by atoms with Crippen molar-refractivity contribution >= 4 is 40.5 Å². The van der Waals surface area contributed by atoms with Gasteiger partial charge >= 0.3 is 5.97 Å². The van der Waals surface area contributed by atoms with Crippen LogP contribution >= 0.6 is 22.9 Å². The second kappa shape index (κ2) is 6.95. The van der Waals surface area contributed by atoms with Crippen molar-refractivity contribution in [3.05, 3.63) is 50.2 Å². The molecule has 6 heteroatoms. The molecule has 2 aromatic rings. The number of amides is 1. The zero-order valence-corrected chi connectivity index (χ0v) is 15.1. The number of thiophene rings is 1. The number of nitrogens with one attached hydrogen (secondary N) is 1. The second-order valence-corrected chi connectivity index (χ2v) is 7.48. The summed E-state index contributed by atoms with van der Waals surface area (Å²) in [5.41, 5.74) is 2.74. The molecule has 1 amide bonds. The van der Waals surface area contributed by atoms with Crippen LogP contribution in [0.3, 0.4) is 0 Å². The molecule has 0 unspecified atom stereocenters. The Hall–Kier alpha value is -1.85. The number of esters is 1. The van der Waals surface area contributed by atoms with Crippen LogP contribution in [0.15, 0.2) is 24.3 Å². The van der Waals surface area contributed by atoms with Crippen LogP contribution in [0.1, 0.15) is 39.0 Å².